The maximum absolute atomic E-state index is 13.2. The molecule has 0 unspecified atom stereocenters. The van der Waals surface area contributed by atoms with Crippen LogP contribution < -0.4 is 5.73 Å². The number of nitrogen functional groups attached to an aromatic ring is 1. The molecule has 0 aliphatic carbocycles. The number of aromatic carboxylic acids is 1. The van der Waals surface area contributed by atoms with E-state index in [9.17, 15) is 9.18 Å². The zero-order valence-corrected chi connectivity index (χ0v) is 12.1. The molecule has 0 bridgehead atoms. The van der Waals surface area contributed by atoms with Gasteiger partial charge in [0, 0.05) is 9.58 Å². The van der Waals surface area contributed by atoms with E-state index in [-0.39, 0.29) is 10.7 Å². The number of hydrogen-bond donors (Lipinski definition) is 2. The largest absolute Gasteiger partial charge is 0.477 e. The van der Waals surface area contributed by atoms with E-state index >= 15 is 0 Å². The molecule has 0 atom stereocenters. The van der Waals surface area contributed by atoms with Gasteiger partial charge in [0.2, 0.25) is 0 Å². The van der Waals surface area contributed by atoms with E-state index in [0.717, 1.165) is 36.7 Å². The number of carboxylic acid groups (broad SMARTS) is 1. The van der Waals surface area contributed by atoms with Crippen LogP contribution in [0.2, 0.25) is 0 Å². The Hall–Kier alpha value is -1.92. The number of rotatable bonds is 2. The number of fused-ring (bicyclic) bond motifs is 1. The zero-order valence-electron chi connectivity index (χ0n) is 10.4. The Morgan fingerprint density at radius 1 is 1.30 bits per heavy atom. The maximum atomic E-state index is 13.2. The van der Waals surface area contributed by atoms with Gasteiger partial charge in [-0.05, 0) is 36.1 Å². The normalized spacial score (nSPS) is 11.1. The average Bonchev–Trinajstić information content (AvgIpc) is 2.92. The van der Waals surface area contributed by atoms with Gasteiger partial charge in [-0.25, -0.2) is 9.18 Å². The molecule has 3 nitrogen and oxygen atoms in total. The second-order valence-electron chi connectivity index (χ2n) is 4.40. The molecule has 102 valence electrons. The predicted molar refractivity (Wildman–Crippen MR) is 81.2 cm³/mol. The molecule has 0 saturated heterocycles. The molecule has 3 rings (SSSR count). The van der Waals surface area contributed by atoms with Crippen molar-refractivity contribution in [3.63, 3.8) is 0 Å². The first kappa shape index (κ1) is 13.1. The van der Waals surface area contributed by atoms with Gasteiger partial charge in [0.05, 0.1) is 10.6 Å². The molecular weight excluding hydrogens is 297 g/mol. The van der Waals surface area contributed by atoms with Crippen molar-refractivity contribution in [3.8, 4) is 9.75 Å². The number of carboxylic acids is 1. The second-order valence-corrected chi connectivity index (χ2v) is 6.50. The standard InChI is InChI=1S/C14H10FNO2S2/c1-6-11(16)13(14(17)18)20-12(6)10-4-7-2-3-8(15)5-9(7)19-10/h2-5H,16H2,1H3,(H,17,18). The van der Waals surface area contributed by atoms with Crippen LogP contribution in [0.4, 0.5) is 10.1 Å². The summed E-state index contributed by atoms with van der Waals surface area (Å²) >= 11 is 2.59. The Balaban J connectivity index is 2.20. The topological polar surface area (TPSA) is 63.3 Å². The number of hydrogen-bond acceptors (Lipinski definition) is 4. The number of halogens is 1. The van der Waals surface area contributed by atoms with E-state index in [0.29, 0.717) is 5.69 Å². The third-order valence-corrected chi connectivity index (χ3v) is 5.67. The summed E-state index contributed by atoms with van der Waals surface area (Å²) < 4.78 is 14.0. The number of carbonyl (C=O) groups is 1. The lowest BCUT2D eigenvalue weighted by atomic mass is 10.2. The van der Waals surface area contributed by atoms with Crippen molar-refractivity contribution in [2.75, 3.05) is 5.73 Å². The zero-order chi connectivity index (χ0) is 14.4. The van der Waals surface area contributed by atoms with Gasteiger partial charge >= 0.3 is 5.97 Å². The minimum atomic E-state index is -1.02. The molecule has 0 aliphatic heterocycles. The van der Waals surface area contributed by atoms with Crippen LogP contribution in [0.15, 0.2) is 24.3 Å². The van der Waals surface area contributed by atoms with E-state index < -0.39 is 5.97 Å². The van der Waals surface area contributed by atoms with Gasteiger partial charge in [-0.3, -0.25) is 0 Å². The highest BCUT2D eigenvalue weighted by atomic mass is 32.1. The van der Waals surface area contributed by atoms with E-state index in [2.05, 4.69) is 0 Å². The smallest absolute Gasteiger partial charge is 0.348 e. The summed E-state index contributed by atoms with van der Waals surface area (Å²) in [7, 11) is 0. The first-order valence-corrected chi connectivity index (χ1v) is 7.42. The van der Waals surface area contributed by atoms with Crippen molar-refractivity contribution in [2.24, 2.45) is 0 Å². The van der Waals surface area contributed by atoms with E-state index in [1.807, 2.05) is 6.07 Å². The quantitative estimate of drug-likeness (QED) is 0.739. The number of anilines is 1. The van der Waals surface area contributed by atoms with Crippen LogP contribution in [0.5, 0.6) is 0 Å². The minimum Gasteiger partial charge on any atom is -0.477 e. The first-order chi connectivity index (χ1) is 9.47. The highest BCUT2D eigenvalue weighted by molar-refractivity contribution is 7.26. The fraction of sp³-hybridized carbons (Fsp3) is 0.0714. The fourth-order valence-corrected chi connectivity index (χ4v) is 4.35. The van der Waals surface area contributed by atoms with Gasteiger partial charge in [0.15, 0.2) is 0 Å². The number of nitrogens with two attached hydrogens (primary N) is 1. The van der Waals surface area contributed by atoms with E-state index in [4.69, 9.17) is 10.8 Å². The Morgan fingerprint density at radius 2 is 2.05 bits per heavy atom. The van der Waals surface area contributed by atoms with Gasteiger partial charge in [-0.1, -0.05) is 6.07 Å². The lowest BCUT2D eigenvalue weighted by Crippen LogP contribution is -1.97. The summed E-state index contributed by atoms with van der Waals surface area (Å²) in [5.74, 6) is -1.30. The number of thiophene rings is 2. The monoisotopic (exact) mass is 307 g/mol. The van der Waals surface area contributed by atoms with Crippen LogP contribution in [0, 0.1) is 12.7 Å². The summed E-state index contributed by atoms with van der Waals surface area (Å²) in [5, 5.41) is 10.1. The summed E-state index contributed by atoms with van der Waals surface area (Å²) in [6.45, 7) is 1.80. The Morgan fingerprint density at radius 3 is 2.70 bits per heavy atom. The lowest BCUT2D eigenvalue weighted by molar-refractivity contribution is 0.0703. The molecule has 3 N–H and O–H groups in total. The van der Waals surface area contributed by atoms with Crippen molar-refractivity contribution in [1.29, 1.82) is 0 Å². The molecule has 2 heterocycles. The summed E-state index contributed by atoms with van der Waals surface area (Å²) in [6.07, 6.45) is 0. The van der Waals surface area contributed by atoms with Crippen LogP contribution in [-0.2, 0) is 0 Å². The van der Waals surface area contributed by atoms with Crippen LogP contribution in [0.3, 0.4) is 0 Å². The fourth-order valence-electron chi connectivity index (χ4n) is 2.04. The van der Waals surface area contributed by atoms with Crippen LogP contribution in [0.1, 0.15) is 15.2 Å². The first-order valence-electron chi connectivity index (χ1n) is 5.79. The van der Waals surface area contributed by atoms with Crippen LogP contribution in [0.25, 0.3) is 19.8 Å². The molecule has 2 aromatic heterocycles. The van der Waals surface area contributed by atoms with Crippen LogP contribution >= 0.6 is 22.7 Å². The van der Waals surface area contributed by atoms with Crippen molar-refractivity contribution >= 4 is 44.4 Å². The third-order valence-electron chi connectivity index (χ3n) is 3.09. The Labute approximate surface area is 122 Å². The number of benzene rings is 1. The molecule has 0 radical (unpaired) electrons. The molecule has 0 spiro atoms. The molecular formula is C14H10FNO2S2. The predicted octanol–water partition coefficient (Wildman–Crippen LogP) is 4.36. The molecule has 0 fully saturated rings. The van der Waals surface area contributed by atoms with Crippen molar-refractivity contribution in [3.05, 3.63) is 40.5 Å². The van der Waals surface area contributed by atoms with Crippen LogP contribution in [-0.4, -0.2) is 11.1 Å². The highest BCUT2D eigenvalue weighted by Crippen LogP contribution is 2.42. The molecule has 0 aliphatic rings. The van der Waals surface area contributed by atoms with Crippen molar-refractivity contribution in [2.45, 2.75) is 6.92 Å². The van der Waals surface area contributed by atoms with Crippen molar-refractivity contribution in [1.82, 2.24) is 0 Å². The average molecular weight is 307 g/mol. The van der Waals surface area contributed by atoms with E-state index in [1.165, 1.54) is 23.5 Å². The van der Waals surface area contributed by atoms with Gasteiger partial charge in [0.25, 0.3) is 0 Å². The molecule has 3 aromatic rings. The van der Waals surface area contributed by atoms with E-state index in [1.54, 1.807) is 13.0 Å². The minimum absolute atomic E-state index is 0.154. The summed E-state index contributed by atoms with van der Waals surface area (Å²) in [5.41, 5.74) is 6.90. The Kier molecular flexibility index (Phi) is 2.99. The van der Waals surface area contributed by atoms with Crippen molar-refractivity contribution < 1.29 is 14.3 Å². The van der Waals surface area contributed by atoms with Gasteiger partial charge in [-0.15, -0.1) is 22.7 Å². The molecule has 0 saturated carbocycles. The summed E-state index contributed by atoms with van der Waals surface area (Å²) in [6, 6.07) is 6.55. The summed E-state index contributed by atoms with van der Waals surface area (Å²) in [4.78, 5) is 13.0. The molecule has 0 amide bonds. The maximum Gasteiger partial charge on any atom is 0.348 e. The van der Waals surface area contributed by atoms with Gasteiger partial charge in [0.1, 0.15) is 10.7 Å². The third kappa shape index (κ3) is 1.97. The molecule has 6 heteroatoms. The van der Waals surface area contributed by atoms with Gasteiger partial charge in [-0.2, -0.15) is 0 Å². The molecule has 20 heavy (non-hydrogen) atoms. The second kappa shape index (κ2) is 4.57. The Bertz CT molecular complexity index is 835. The molecule has 1 aromatic carbocycles. The lowest BCUT2D eigenvalue weighted by Gasteiger charge is -1.94. The SMILES string of the molecule is Cc1c(-c2cc3ccc(F)cc3s2)sc(C(=O)O)c1N. The van der Waals surface area contributed by atoms with Gasteiger partial charge < -0.3 is 10.8 Å². The highest BCUT2D eigenvalue weighted by Gasteiger charge is 2.20.